The maximum absolute atomic E-state index is 13.9. The predicted octanol–water partition coefficient (Wildman–Crippen LogP) is 5.06. The Morgan fingerprint density at radius 1 is 0.922 bits per heavy atom. The molecule has 2 atom stereocenters. The molecule has 0 fully saturated rings. The lowest BCUT2D eigenvalue weighted by molar-refractivity contribution is -0.133. The summed E-state index contributed by atoms with van der Waals surface area (Å²) < 4.78 is 17.1. The third-order valence-electron chi connectivity index (χ3n) is 8.68. The molecular weight excluding hydrogens is 742 g/mol. The van der Waals surface area contributed by atoms with E-state index in [2.05, 4.69) is 21.2 Å². The third kappa shape index (κ3) is 8.70. The van der Waals surface area contributed by atoms with Gasteiger partial charge in [-0.1, -0.05) is 66.2 Å². The summed E-state index contributed by atoms with van der Waals surface area (Å²) in [6.07, 6.45) is -0.669. The number of amides is 4. The molecule has 2 N–H and O–H groups in total. The van der Waals surface area contributed by atoms with Crippen LogP contribution in [0.3, 0.4) is 0 Å². The van der Waals surface area contributed by atoms with Gasteiger partial charge in [0, 0.05) is 26.1 Å². The maximum Gasteiger partial charge on any atom is 0.261 e. The number of carbonyl (C=O) groups excluding carboxylic acids is 4. The summed E-state index contributed by atoms with van der Waals surface area (Å²) in [6, 6.07) is 25.7. The number of aliphatic hydroxyl groups is 1. The molecule has 0 aliphatic carbocycles. The number of carbonyl (C=O) groups is 4. The largest absolute Gasteiger partial charge is 0.483 e. The second-order valence-electron chi connectivity index (χ2n) is 12.1. The number of hydrogen-bond donors (Lipinski definition) is 2. The first-order chi connectivity index (χ1) is 24.7. The standard InChI is InChI=1S/C38H35BrClN3O8/c39-36-28(40)11-6-12-32(36)49-22-34(45)41-29(19-24-7-2-1-3-8-24)30(44)21-42(17-15-25-13-14-31-33(20-25)51-23-50-31)35(46)16-18-43-37(47)26-9-4-5-10-27(26)38(43)48/h1-14,20,29-30,44H,15-19,21-23H2,(H,41,45). The second kappa shape index (κ2) is 16.4. The van der Waals surface area contributed by atoms with E-state index >= 15 is 0 Å². The van der Waals surface area contributed by atoms with E-state index in [0.717, 1.165) is 16.0 Å². The van der Waals surface area contributed by atoms with Crippen LogP contribution in [0.25, 0.3) is 0 Å². The van der Waals surface area contributed by atoms with Crippen molar-refractivity contribution in [3.05, 3.63) is 123 Å². The molecule has 4 aromatic rings. The zero-order chi connectivity index (χ0) is 35.9. The predicted molar refractivity (Wildman–Crippen MR) is 192 cm³/mol. The molecule has 6 rings (SSSR count). The molecular formula is C38H35BrClN3O8. The Balaban J connectivity index is 1.17. The number of ether oxygens (including phenoxy) is 3. The van der Waals surface area contributed by atoms with Crippen molar-refractivity contribution >= 4 is 51.2 Å². The van der Waals surface area contributed by atoms with E-state index in [1.54, 1.807) is 48.5 Å². The molecule has 0 saturated carbocycles. The van der Waals surface area contributed by atoms with Crippen molar-refractivity contribution in [1.82, 2.24) is 15.1 Å². The zero-order valence-corrected chi connectivity index (χ0v) is 29.8. The van der Waals surface area contributed by atoms with Crippen LogP contribution < -0.4 is 19.5 Å². The summed E-state index contributed by atoms with van der Waals surface area (Å²) in [6.45, 7) is -0.269. The first-order valence-corrected chi connectivity index (χ1v) is 17.5. The number of aliphatic hydroxyl groups excluding tert-OH is 1. The van der Waals surface area contributed by atoms with Crippen molar-refractivity contribution in [3.8, 4) is 17.2 Å². The first kappa shape index (κ1) is 35.9. The van der Waals surface area contributed by atoms with Crippen LogP contribution in [0.5, 0.6) is 17.2 Å². The lowest BCUT2D eigenvalue weighted by Gasteiger charge is -2.31. The van der Waals surface area contributed by atoms with Gasteiger partial charge in [0.25, 0.3) is 17.7 Å². The number of imide groups is 1. The molecule has 0 bridgehead atoms. The van der Waals surface area contributed by atoms with E-state index in [9.17, 15) is 24.3 Å². The van der Waals surface area contributed by atoms with Crippen molar-refractivity contribution in [2.45, 2.75) is 31.4 Å². The molecule has 11 nitrogen and oxygen atoms in total. The van der Waals surface area contributed by atoms with Gasteiger partial charge in [0.2, 0.25) is 12.7 Å². The van der Waals surface area contributed by atoms with Crippen LogP contribution in [0.1, 0.15) is 38.3 Å². The lowest BCUT2D eigenvalue weighted by atomic mass is 10.00. The molecule has 0 saturated heterocycles. The average molecular weight is 777 g/mol. The molecule has 2 unspecified atom stereocenters. The molecule has 51 heavy (non-hydrogen) atoms. The van der Waals surface area contributed by atoms with Gasteiger partial charge in [0.05, 0.1) is 32.8 Å². The Morgan fingerprint density at radius 3 is 2.37 bits per heavy atom. The van der Waals surface area contributed by atoms with E-state index < -0.39 is 29.9 Å². The van der Waals surface area contributed by atoms with E-state index in [-0.39, 0.29) is 51.8 Å². The lowest BCUT2D eigenvalue weighted by Crippen LogP contribution is -2.52. The molecule has 4 aromatic carbocycles. The molecule has 0 spiro atoms. The average Bonchev–Trinajstić information content (AvgIpc) is 3.71. The fraction of sp³-hybridized carbons (Fsp3) is 0.263. The Bertz CT molecular complexity index is 1890. The van der Waals surface area contributed by atoms with Crippen LogP contribution in [0.15, 0.2) is 95.5 Å². The number of benzene rings is 4. The molecule has 2 aliphatic heterocycles. The molecule has 2 aliphatic rings. The van der Waals surface area contributed by atoms with Gasteiger partial charge < -0.3 is 29.5 Å². The fourth-order valence-electron chi connectivity index (χ4n) is 5.98. The molecule has 264 valence electrons. The van der Waals surface area contributed by atoms with E-state index in [1.807, 2.05) is 42.5 Å². The normalized spacial score (nSPS) is 14.2. The van der Waals surface area contributed by atoms with Gasteiger partial charge >= 0.3 is 0 Å². The fourth-order valence-corrected chi connectivity index (χ4v) is 6.52. The van der Waals surface area contributed by atoms with Crippen molar-refractivity contribution in [2.75, 3.05) is 33.0 Å². The summed E-state index contributed by atoms with van der Waals surface area (Å²) in [5.74, 6) is -0.129. The van der Waals surface area contributed by atoms with Gasteiger partial charge in [0.1, 0.15) is 5.75 Å². The first-order valence-electron chi connectivity index (χ1n) is 16.4. The monoisotopic (exact) mass is 775 g/mol. The zero-order valence-electron chi connectivity index (χ0n) is 27.4. The molecule has 13 heteroatoms. The van der Waals surface area contributed by atoms with Crippen LogP contribution in [0.4, 0.5) is 0 Å². The summed E-state index contributed by atoms with van der Waals surface area (Å²) >= 11 is 9.53. The number of halogens is 2. The summed E-state index contributed by atoms with van der Waals surface area (Å²) in [5.41, 5.74) is 2.35. The minimum atomic E-state index is -1.20. The summed E-state index contributed by atoms with van der Waals surface area (Å²) in [5, 5.41) is 15.0. The van der Waals surface area contributed by atoms with Gasteiger partial charge in [-0.3, -0.25) is 24.1 Å². The van der Waals surface area contributed by atoms with Crippen molar-refractivity contribution in [2.24, 2.45) is 0 Å². The third-order valence-corrected chi connectivity index (χ3v) is 10.0. The number of nitrogens with one attached hydrogen (secondary N) is 1. The van der Waals surface area contributed by atoms with Crippen LogP contribution in [0.2, 0.25) is 5.02 Å². The summed E-state index contributed by atoms with van der Waals surface area (Å²) in [4.78, 5) is 55.5. The minimum Gasteiger partial charge on any atom is -0.483 e. The molecule has 4 amide bonds. The Kier molecular flexibility index (Phi) is 11.5. The molecule has 2 heterocycles. The Morgan fingerprint density at radius 2 is 1.63 bits per heavy atom. The highest BCUT2D eigenvalue weighted by atomic mass is 79.9. The van der Waals surface area contributed by atoms with Crippen LogP contribution in [0, 0.1) is 0 Å². The van der Waals surface area contributed by atoms with E-state index in [1.165, 1.54) is 4.90 Å². The summed E-state index contributed by atoms with van der Waals surface area (Å²) in [7, 11) is 0. The van der Waals surface area contributed by atoms with Crippen molar-refractivity contribution in [1.29, 1.82) is 0 Å². The Hall–Kier alpha value is -4.91. The number of nitrogens with zero attached hydrogens (tertiary/aromatic N) is 2. The van der Waals surface area contributed by atoms with E-state index in [0.29, 0.717) is 44.3 Å². The van der Waals surface area contributed by atoms with Gasteiger partial charge in [0.15, 0.2) is 18.1 Å². The second-order valence-corrected chi connectivity index (χ2v) is 13.3. The van der Waals surface area contributed by atoms with Crippen LogP contribution in [-0.4, -0.2) is 83.7 Å². The Labute approximate surface area is 308 Å². The van der Waals surface area contributed by atoms with Crippen LogP contribution in [-0.2, 0) is 22.4 Å². The number of fused-ring (bicyclic) bond motifs is 2. The molecule has 0 aromatic heterocycles. The van der Waals surface area contributed by atoms with Crippen molar-refractivity contribution < 1.29 is 38.5 Å². The topological polar surface area (TPSA) is 135 Å². The van der Waals surface area contributed by atoms with Crippen LogP contribution >= 0.6 is 27.5 Å². The highest BCUT2D eigenvalue weighted by molar-refractivity contribution is 9.10. The van der Waals surface area contributed by atoms with Gasteiger partial charge in [-0.25, -0.2) is 0 Å². The number of rotatable bonds is 15. The molecule has 0 radical (unpaired) electrons. The maximum atomic E-state index is 13.9. The van der Waals surface area contributed by atoms with E-state index in [4.69, 9.17) is 25.8 Å². The van der Waals surface area contributed by atoms with Gasteiger partial charge in [-0.05, 0) is 76.3 Å². The van der Waals surface area contributed by atoms with Gasteiger partial charge in [-0.2, -0.15) is 0 Å². The quantitative estimate of drug-likeness (QED) is 0.160. The highest BCUT2D eigenvalue weighted by Gasteiger charge is 2.36. The van der Waals surface area contributed by atoms with Crippen molar-refractivity contribution in [3.63, 3.8) is 0 Å². The minimum absolute atomic E-state index is 0.123. The van der Waals surface area contributed by atoms with Gasteiger partial charge in [-0.15, -0.1) is 0 Å². The smallest absolute Gasteiger partial charge is 0.261 e. The number of hydrogen-bond acceptors (Lipinski definition) is 8. The highest BCUT2D eigenvalue weighted by Crippen LogP contribution is 2.33. The SMILES string of the molecule is O=C(COc1cccc(Cl)c1Br)NC(Cc1ccccc1)C(O)CN(CCc1ccc2c(c1)OCO2)C(=O)CCN1C(=O)c2ccccc2C1=O.